The summed E-state index contributed by atoms with van der Waals surface area (Å²) in [6, 6.07) is 2.53. The van der Waals surface area contributed by atoms with Crippen LogP contribution in [-0.4, -0.2) is 28.4 Å². The number of carbonyl (C=O) groups is 2. The lowest BCUT2D eigenvalue weighted by Gasteiger charge is -2.35. The monoisotopic (exact) mass is 331 g/mol. The van der Waals surface area contributed by atoms with Crippen molar-refractivity contribution in [1.82, 2.24) is 4.90 Å². The van der Waals surface area contributed by atoms with Crippen molar-refractivity contribution in [2.45, 2.75) is 51.5 Å². The van der Waals surface area contributed by atoms with Crippen LogP contribution in [0.15, 0.2) is 12.1 Å². The summed E-state index contributed by atoms with van der Waals surface area (Å²) < 4.78 is 14.0. The van der Waals surface area contributed by atoms with Gasteiger partial charge in [-0.3, -0.25) is 4.79 Å². The minimum absolute atomic E-state index is 0.0552. The quantitative estimate of drug-likeness (QED) is 0.904. The summed E-state index contributed by atoms with van der Waals surface area (Å²) in [7, 11) is 0. The lowest BCUT2D eigenvalue weighted by atomic mass is 9.79. The lowest BCUT2D eigenvalue weighted by molar-refractivity contribution is -0.138. The van der Waals surface area contributed by atoms with Gasteiger partial charge in [0.1, 0.15) is 5.82 Å². The fraction of sp³-hybridized carbons (Fsp3) is 0.579. The van der Waals surface area contributed by atoms with Crippen molar-refractivity contribution in [2.75, 3.05) is 6.54 Å². The fourth-order valence-corrected chi connectivity index (χ4v) is 4.43. The molecule has 1 aromatic carbocycles. The van der Waals surface area contributed by atoms with E-state index in [0.717, 1.165) is 25.7 Å². The molecule has 2 saturated carbocycles. The highest BCUT2D eigenvalue weighted by Gasteiger charge is 2.46. The summed E-state index contributed by atoms with van der Waals surface area (Å²) in [5.41, 5.74) is 1.59. The fourth-order valence-electron chi connectivity index (χ4n) is 4.43. The molecule has 1 N–H and O–H groups in total. The first-order valence-electron chi connectivity index (χ1n) is 8.81. The summed E-state index contributed by atoms with van der Waals surface area (Å²) in [6.45, 7) is 0.697. The van der Waals surface area contributed by atoms with E-state index in [0.29, 0.717) is 29.5 Å². The van der Waals surface area contributed by atoms with Crippen LogP contribution in [0.1, 0.15) is 60.0 Å². The third-order valence-electron chi connectivity index (χ3n) is 6.25. The third kappa shape index (κ3) is 2.60. The van der Waals surface area contributed by atoms with E-state index in [-0.39, 0.29) is 29.8 Å². The summed E-state index contributed by atoms with van der Waals surface area (Å²) in [5, 5.41) is 9.34. The molecule has 0 atom stereocenters. The Balaban J connectivity index is 1.52. The molecule has 0 unspecified atom stereocenters. The number of fused-ring (bicyclic) bond motifs is 1. The highest BCUT2D eigenvalue weighted by molar-refractivity contribution is 5.90. The van der Waals surface area contributed by atoms with E-state index in [9.17, 15) is 19.1 Å². The molecule has 2 aliphatic carbocycles. The number of benzene rings is 1. The van der Waals surface area contributed by atoms with Crippen LogP contribution in [0, 0.1) is 17.2 Å². The largest absolute Gasteiger partial charge is 0.478 e. The Morgan fingerprint density at radius 2 is 1.83 bits per heavy atom. The van der Waals surface area contributed by atoms with Crippen LogP contribution in [0.5, 0.6) is 0 Å². The maximum atomic E-state index is 14.0. The van der Waals surface area contributed by atoms with Crippen LogP contribution >= 0.6 is 0 Å². The number of hydrogen-bond donors (Lipinski definition) is 1. The molecule has 1 amide bonds. The Hall–Kier alpha value is -1.91. The van der Waals surface area contributed by atoms with E-state index in [1.807, 2.05) is 0 Å². The van der Waals surface area contributed by atoms with Gasteiger partial charge in [-0.25, -0.2) is 9.18 Å². The predicted octanol–water partition coefficient (Wildman–Crippen LogP) is 3.38. The molecule has 1 aromatic rings. The molecule has 2 fully saturated rings. The van der Waals surface area contributed by atoms with E-state index >= 15 is 0 Å². The summed E-state index contributed by atoms with van der Waals surface area (Å²) in [6.07, 6.45) is 7.18. The highest BCUT2D eigenvalue weighted by atomic mass is 19.1. The SMILES string of the molecule is O=C(O)c1ccc(F)c2c1CN(C(=O)C1CCC3(CC1)CC3)CC2. The molecular weight excluding hydrogens is 309 g/mol. The van der Waals surface area contributed by atoms with Gasteiger partial charge >= 0.3 is 5.97 Å². The predicted molar refractivity (Wildman–Crippen MR) is 86.1 cm³/mol. The van der Waals surface area contributed by atoms with Crippen LogP contribution in [0.3, 0.4) is 0 Å². The highest BCUT2D eigenvalue weighted by Crippen LogP contribution is 2.57. The maximum Gasteiger partial charge on any atom is 0.336 e. The number of halogens is 1. The van der Waals surface area contributed by atoms with E-state index in [1.165, 1.54) is 25.0 Å². The third-order valence-corrected chi connectivity index (χ3v) is 6.25. The van der Waals surface area contributed by atoms with Gasteiger partial charge in [0.05, 0.1) is 5.56 Å². The zero-order valence-electron chi connectivity index (χ0n) is 13.7. The average Bonchev–Trinajstić information content (AvgIpc) is 3.33. The van der Waals surface area contributed by atoms with Gasteiger partial charge in [-0.1, -0.05) is 0 Å². The van der Waals surface area contributed by atoms with Crippen LogP contribution < -0.4 is 0 Å². The number of carboxylic acids is 1. The van der Waals surface area contributed by atoms with Crippen molar-refractivity contribution in [3.63, 3.8) is 0 Å². The zero-order chi connectivity index (χ0) is 16.9. The maximum absolute atomic E-state index is 14.0. The number of rotatable bonds is 2. The minimum atomic E-state index is -1.06. The van der Waals surface area contributed by atoms with Gasteiger partial charge in [0.15, 0.2) is 0 Å². The van der Waals surface area contributed by atoms with Gasteiger partial charge in [0, 0.05) is 19.0 Å². The number of nitrogens with zero attached hydrogens (tertiary/aromatic N) is 1. The second-order valence-electron chi connectivity index (χ2n) is 7.64. The van der Waals surface area contributed by atoms with Crippen LogP contribution in [0.25, 0.3) is 0 Å². The molecule has 0 saturated heterocycles. The van der Waals surface area contributed by atoms with Gasteiger partial charge in [-0.15, -0.1) is 0 Å². The summed E-state index contributed by atoms with van der Waals surface area (Å²) in [4.78, 5) is 26.0. The Labute approximate surface area is 140 Å². The van der Waals surface area contributed by atoms with E-state index < -0.39 is 5.97 Å². The number of amides is 1. The van der Waals surface area contributed by atoms with Gasteiger partial charge in [-0.2, -0.15) is 0 Å². The number of carbonyl (C=O) groups excluding carboxylic acids is 1. The minimum Gasteiger partial charge on any atom is -0.478 e. The molecule has 24 heavy (non-hydrogen) atoms. The Kier molecular flexibility index (Phi) is 3.62. The first-order chi connectivity index (χ1) is 11.5. The lowest BCUT2D eigenvalue weighted by Crippen LogP contribution is -2.41. The number of aromatic carboxylic acids is 1. The summed E-state index contributed by atoms with van der Waals surface area (Å²) in [5.74, 6) is -1.25. The molecule has 0 aromatic heterocycles. The van der Waals surface area contributed by atoms with Crippen LogP contribution in [-0.2, 0) is 17.8 Å². The first kappa shape index (κ1) is 15.6. The second kappa shape index (κ2) is 5.57. The average molecular weight is 331 g/mol. The van der Waals surface area contributed by atoms with E-state index in [4.69, 9.17) is 0 Å². The van der Waals surface area contributed by atoms with Crippen molar-refractivity contribution >= 4 is 11.9 Å². The molecule has 1 aliphatic heterocycles. The van der Waals surface area contributed by atoms with Gasteiger partial charge in [0.2, 0.25) is 5.91 Å². The molecule has 4 rings (SSSR count). The zero-order valence-corrected chi connectivity index (χ0v) is 13.7. The molecule has 3 aliphatic rings. The Morgan fingerprint density at radius 1 is 1.12 bits per heavy atom. The number of carboxylic acid groups (broad SMARTS) is 1. The van der Waals surface area contributed by atoms with E-state index in [1.54, 1.807) is 4.90 Å². The van der Waals surface area contributed by atoms with Crippen LogP contribution in [0.2, 0.25) is 0 Å². The molecule has 128 valence electrons. The van der Waals surface area contributed by atoms with Gasteiger partial charge in [0.25, 0.3) is 0 Å². The van der Waals surface area contributed by atoms with Gasteiger partial charge in [-0.05, 0) is 73.6 Å². The van der Waals surface area contributed by atoms with Crippen molar-refractivity contribution < 1.29 is 19.1 Å². The molecule has 5 heteroatoms. The van der Waals surface area contributed by atoms with Crippen molar-refractivity contribution in [3.8, 4) is 0 Å². The molecule has 0 bridgehead atoms. The molecule has 1 heterocycles. The van der Waals surface area contributed by atoms with Crippen LogP contribution in [0.4, 0.5) is 4.39 Å². The second-order valence-corrected chi connectivity index (χ2v) is 7.64. The Bertz CT molecular complexity index is 701. The number of hydrogen-bond acceptors (Lipinski definition) is 2. The van der Waals surface area contributed by atoms with Crippen molar-refractivity contribution in [3.05, 3.63) is 34.6 Å². The van der Waals surface area contributed by atoms with Crippen molar-refractivity contribution in [1.29, 1.82) is 0 Å². The molecule has 1 spiro atoms. The molecule has 0 radical (unpaired) electrons. The normalized spacial score (nSPS) is 22.3. The van der Waals surface area contributed by atoms with Gasteiger partial charge < -0.3 is 10.0 Å². The topological polar surface area (TPSA) is 57.6 Å². The smallest absolute Gasteiger partial charge is 0.336 e. The van der Waals surface area contributed by atoms with Crippen molar-refractivity contribution in [2.24, 2.45) is 11.3 Å². The Morgan fingerprint density at radius 3 is 2.46 bits per heavy atom. The molecular formula is C19H22FNO3. The summed E-state index contributed by atoms with van der Waals surface area (Å²) >= 11 is 0. The molecule has 4 nitrogen and oxygen atoms in total. The standard InChI is InChI=1S/C19H22FNO3/c20-16-2-1-14(18(23)24)15-11-21(10-5-13(15)16)17(22)12-3-6-19(7-4-12)8-9-19/h1-2,12H,3-11H2,(H,23,24). The van der Waals surface area contributed by atoms with E-state index in [2.05, 4.69) is 0 Å². The first-order valence-corrected chi connectivity index (χ1v) is 8.81.